The third-order valence-electron chi connectivity index (χ3n) is 2.18. The highest BCUT2D eigenvalue weighted by Gasteiger charge is 2.08. The van der Waals surface area contributed by atoms with Crippen LogP contribution in [-0.4, -0.2) is 12.3 Å². The first-order valence-corrected chi connectivity index (χ1v) is 5.61. The normalized spacial score (nSPS) is 10.4. The van der Waals surface area contributed by atoms with Crippen molar-refractivity contribution in [1.82, 2.24) is 0 Å². The van der Waals surface area contributed by atoms with Crippen LogP contribution in [0, 0.1) is 5.82 Å². The number of carbonyl (C=O) groups excluding carboxylic acids is 1. The van der Waals surface area contributed by atoms with Crippen LogP contribution in [-0.2, 0) is 0 Å². The summed E-state index contributed by atoms with van der Waals surface area (Å²) in [6.07, 6.45) is 0. The summed E-state index contributed by atoms with van der Waals surface area (Å²) in [5, 5.41) is 0. The summed E-state index contributed by atoms with van der Waals surface area (Å²) in [6.45, 7) is 0.00308. The first-order valence-electron chi connectivity index (χ1n) is 4.80. The Bertz CT molecular complexity index is 521. The quantitative estimate of drug-likeness (QED) is 0.831. The van der Waals surface area contributed by atoms with Crippen molar-refractivity contribution in [2.75, 3.05) is 6.54 Å². The van der Waals surface area contributed by atoms with Gasteiger partial charge in [0.25, 0.3) is 0 Å². The minimum atomic E-state index is -0.280. The molecule has 0 bridgehead atoms. The molecule has 0 spiro atoms. The van der Waals surface area contributed by atoms with Crippen molar-refractivity contribution in [1.29, 1.82) is 0 Å². The van der Waals surface area contributed by atoms with E-state index in [4.69, 9.17) is 5.73 Å². The number of hydrogen-bond acceptors (Lipinski definition) is 3. The summed E-state index contributed by atoms with van der Waals surface area (Å²) in [5.41, 5.74) is 6.05. The second kappa shape index (κ2) is 4.55. The van der Waals surface area contributed by atoms with Gasteiger partial charge in [-0.1, -0.05) is 12.1 Å². The number of rotatable bonds is 3. The first-order chi connectivity index (χ1) is 7.70. The van der Waals surface area contributed by atoms with Gasteiger partial charge >= 0.3 is 0 Å². The standard InChI is InChI=1S/C12H10FNOS/c13-9-3-1-2-8(6-9)11-4-5-12(16-11)10(15)7-14/h1-6H,7,14H2. The largest absolute Gasteiger partial charge is 0.324 e. The lowest BCUT2D eigenvalue weighted by Gasteiger charge is -1.96. The van der Waals surface area contributed by atoms with Gasteiger partial charge in [-0.15, -0.1) is 11.3 Å². The van der Waals surface area contributed by atoms with Gasteiger partial charge in [-0.3, -0.25) is 4.79 Å². The van der Waals surface area contributed by atoms with Gasteiger partial charge in [-0.25, -0.2) is 4.39 Å². The fraction of sp³-hybridized carbons (Fsp3) is 0.0833. The zero-order chi connectivity index (χ0) is 11.5. The predicted molar refractivity (Wildman–Crippen MR) is 63.1 cm³/mol. The van der Waals surface area contributed by atoms with E-state index in [1.54, 1.807) is 12.1 Å². The van der Waals surface area contributed by atoms with Gasteiger partial charge in [0.1, 0.15) is 5.82 Å². The summed E-state index contributed by atoms with van der Waals surface area (Å²) in [7, 11) is 0. The summed E-state index contributed by atoms with van der Waals surface area (Å²) in [6, 6.07) is 9.83. The van der Waals surface area contributed by atoms with Crippen LogP contribution in [0.2, 0.25) is 0 Å². The highest BCUT2D eigenvalue weighted by Crippen LogP contribution is 2.28. The van der Waals surface area contributed by atoms with Crippen LogP contribution < -0.4 is 5.73 Å². The van der Waals surface area contributed by atoms with Crippen molar-refractivity contribution >= 4 is 17.1 Å². The zero-order valence-electron chi connectivity index (χ0n) is 8.44. The lowest BCUT2D eigenvalue weighted by Crippen LogP contribution is -2.11. The maximum absolute atomic E-state index is 13.0. The molecule has 1 aromatic heterocycles. The summed E-state index contributed by atoms with van der Waals surface area (Å²) in [5.74, 6) is -0.370. The molecule has 0 saturated heterocycles. The van der Waals surface area contributed by atoms with Crippen molar-refractivity contribution < 1.29 is 9.18 Å². The molecule has 1 aromatic carbocycles. The van der Waals surface area contributed by atoms with Gasteiger partial charge < -0.3 is 5.73 Å². The molecular weight excluding hydrogens is 225 g/mol. The van der Waals surface area contributed by atoms with Gasteiger partial charge in [0.15, 0.2) is 5.78 Å². The number of Topliss-reactive ketones (excluding diaryl/α,β-unsaturated/α-hetero) is 1. The average molecular weight is 235 g/mol. The summed E-state index contributed by atoms with van der Waals surface area (Å²) < 4.78 is 13.0. The van der Waals surface area contributed by atoms with E-state index in [1.807, 2.05) is 12.1 Å². The number of hydrogen-bond donors (Lipinski definition) is 1. The van der Waals surface area contributed by atoms with E-state index in [0.29, 0.717) is 4.88 Å². The van der Waals surface area contributed by atoms with Gasteiger partial charge in [-0.05, 0) is 29.8 Å². The van der Waals surface area contributed by atoms with Crippen LogP contribution in [0.15, 0.2) is 36.4 Å². The Hall–Kier alpha value is -1.52. The molecule has 2 nitrogen and oxygen atoms in total. The molecule has 4 heteroatoms. The molecule has 0 amide bonds. The van der Waals surface area contributed by atoms with Crippen molar-refractivity contribution in [2.24, 2.45) is 5.73 Å². The fourth-order valence-corrected chi connectivity index (χ4v) is 2.34. The van der Waals surface area contributed by atoms with Gasteiger partial charge in [0.2, 0.25) is 0 Å². The lowest BCUT2D eigenvalue weighted by atomic mass is 10.2. The van der Waals surface area contributed by atoms with E-state index in [2.05, 4.69) is 0 Å². The Kier molecular flexibility index (Phi) is 3.12. The molecule has 2 rings (SSSR count). The molecule has 1 heterocycles. The van der Waals surface area contributed by atoms with Gasteiger partial charge in [0.05, 0.1) is 11.4 Å². The minimum Gasteiger partial charge on any atom is -0.324 e. The highest BCUT2D eigenvalue weighted by atomic mass is 32.1. The second-order valence-electron chi connectivity index (χ2n) is 3.30. The van der Waals surface area contributed by atoms with Crippen LogP contribution in [0.25, 0.3) is 10.4 Å². The van der Waals surface area contributed by atoms with Crippen LogP contribution in [0.4, 0.5) is 4.39 Å². The topological polar surface area (TPSA) is 43.1 Å². The SMILES string of the molecule is NCC(=O)c1ccc(-c2cccc(F)c2)s1. The van der Waals surface area contributed by atoms with Crippen LogP contribution in [0.5, 0.6) is 0 Å². The summed E-state index contributed by atoms with van der Waals surface area (Å²) in [4.78, 5) is 12.8. The molecule has 82 valence electrons. The van der Waals surface area contributed by atoms with Crippen molar-refractivity contribution in [3.63, 3.8) is 0 Å². The molecule has 0 radical (unpaired) electrons. The van der Waals surface area contributed by atoms with Gasteiger partial charge in [0, 0.05) is 4.88 Å². The lowest BCUT2D eigenvalue weighted by molar-refractivity contribution is 0.100. The third-order valence-corrected chi connectivity index (χ3v) is 3.35. The molecule has 0 aliphatic rings. The molecule has 0 aliphatic carbocycles. The van der Waals surface area contributed by atoms with E-state index < -0.39 is 0 Å². The maximum Gasteiger partial charge on any atom is 0.186 e. The Morgan fingerprint density at radius 3 is 2.81 bits per heavy atom. The number of nitrogens with two attached hydrogens (primary N) is 1. The van der Waals surface area contributed by atoms with Crippen molar-refractivity contribution in [3.05, 3.63) is 47.1 Å². The Balaban J connectivity index is 2.35. The smallest absolute Gasteiger partial charge is 0.186 e. The molecule has 0 fully saturated rings. The van der Waals surface area contributed by atoms with E-state index >= 15 is 0 Å². The van der Waals surface area contributed by atoms with Crippen LogP contribution in [0.3, 0.4) is 0 Å². The Morgan fingerprint density at radius 1 is 1.31 bits per heavy atom. The Morgan fingerprint density at radius 2 is 2.12 bits per heavy atom. The molecule has 2 aromatic rings. The molecule has 16 heavy (non-hydrogen) atoms. The van der Waals surface area contributed by atoms with Crippen LogP contribution in [0.1, 0.15) is 9.67 Å². The number of halogens is 1. The van der Waals surface area contributed by atoms with Crippen LogP contribution >= 0.6 is 11.3 Å². The molecule has 2 N–H and O–H groups in total. The zero-order valence-corrected chi connectivity index (χ0v) is 9.26. The van der Waals surface area contributed by atoms with Crippen molar-refractivity contribution in [3.8, 4) is 10.4 Å². The monoisotopic (exact) mass is 235 g/mol. The number of ketones is 1. The predicted octanol–water partition coefficient (Wildman–Crippen LogP) is 2.70. The first kappa shape index (κ1) is 11.0. The molecule has 0 saturated carbocycles. The highest BCUT2D eigenvalue weighted by molar-refractivity contribution is 7.17. The number of benzene rings is 1. The molecule has 0 atom stereocenters. The number of carbonyl (C=O) groups is 1. The Labute approximate surface area is 96.5 Å². The summed E-state index contributed by atoms with van der Waals surface area (Å²) >= 11 is 1.33. The van der Waals surface area contributed by atoms with Gasteiger partial charge in [-0.2, -0.15) is 0 Å². The average Bonchev–Trinajstić information content (AvgIpc) is 2.77. The molecule has 0 aliphatic heterocycles. The minimum absolute atomic E-state index is 0.00308. The van der Waals surface area contributed by atoms with E-state index in [1.165, 1.54) is 23.5 Å². The molecular formula is C12H10FNOS. The number of thiophene rings is 1. The van der Waals surface area contributed by atoms with Crippen molar-refractivity contribution in [2.45, 2.75) is 0 Å². The maximum atomic E-state index is 13.0. The molecule has 0 unspecified atom stereocenters. The van der Waals surface area contributed by atoms with E-state index in [-0.39, 0.29) is 18.1 Å². The van der Waals surface area contributed by atoms with E-state index in [0.717, 1.165) is 10.4 Å². The second-order valence-corrected chi connectivity index (χ2v) is 4.39. The fourth-order valence-electron chi connectivity index (χ4n) is 1.39. The third kappa shape index (κ3) is 2.18. The van der Waals surface area contributed by atoms with E-state index in [9.17, 15) is 9.18 Å².